The number of benzene rings is 1. The van der Waals surface area contributed by atoms with Gasteiger partial charge in [0.25, 0.3) is 0 Å². The van der Waals surface area contributed by atoms with Gasteiger partial charge in [-0.25, -0.2) is 15.0 Å². The molecule has 174 valence electrons. The molecule has 1 aliphatic heterocycles. The molecule has 3 heterocycles. The van der Waals surface area contributed by atoms with Crippen molar-refractivity contribution in [2.45, 2.75) is 12.6 Å². The number of pyridine rings is 1. The van der Waals surface area contributed by atoms with Crippen molar-refractivity contribution in [3.63, 3.8) is 0 Å². The summed E-state index contributed by atoms with van der Waals surface area (Å²) in [6, 6.07) is 10.6. The summed E-state index contributed by atoms with van der Waals surface area (Å²) in [5.74, 6) is 1.14. The Morgan fingerprint density at radius 2 is 2.18 bits per heavy atom. The number of carbonyl (C=O) groups excluding carboxylic acids is 1. The number of aromatic nitrogens is 3. The highest BCUT2D eigenvalue weighted by Crippen LogP contribution is 2.31. The Balaban J connectivity index is 1.48. The molecule has 34 heavy (non-hydrogen) atoms. The quantitative estimate of drug-likeness (QED) is 0.398. The molecule has 0 spiro atoms. The molecule has 0 saturated carbocycles. The van der Waals surface area contributed by atoms with Crippen LogP contribution in [0.4, 0.5) is 17.3 Å². The van der Waals surface area contributed by atoms with E-state index >= 15 is 0 Å². The molecule has 0 bridgehead atoms. The lowest BCUT2D eigenvalue weighted by molar-refractivity contribution is -0.116. The molecule has 11 heteroatoms. The highest BCUT2D eigenvalue weighted by molar-refractivity contribution is 6.32. The van der Waals surface area contributed by atoms with E-state index in [9.17, 15) is 4.79 Å². The van der Waals surface area contributed by atoms with Crippen LogP contribution in [-0.4, -0.2) is 46.0 Å². The molecule has 2 aromatic heterocycles. The summed E-state index contributed by atoms with van der Waals surface area (Å²) in [4.78, 5) is 28.5. The van der Waals surface area contributed by atoms with Crippen LogP contribution in [0.1, 0.15) is 11.3 Å². The van der Waals surface area contributed by atoms with Crippen LogP contribution in [0.15, 0.2) is 66.6 Å². The van der Waals surface area contributed by atoms with E-state index in [-0.39, 0.29) is 24.4 Å². The summed E-state index contributed by atoms with van der Waals surface area (Å²) < 4.78 is 11.5. The molecule has 10 nitrogen and oxygen atoms in total. The number of ether oxygens (including phenoxy) is 2. The number of halogens is 1. The van der Waals surface area contributed by atoms with Crippen LogP contribution in [0.25, 0.3) is 0 Å². The van der Waals surface area contributed by atoms with Crippen molar-refractivity contribution in [1.82, 2.24) is 20.3 Å². The first-order valence-corrected chi connectivity index (χ1v) is 10.7. The third-order valence-corrected chi connectivity index (χ3v) is 5.09. The first-order chi connectivity index (χ1) is 16.5. The van der Waals surface area contributed by atoms with E-state index in [0.29, 0.717) is 46.9 Å². The average Bonchev–Trinajstić information content (AvgIpc) is 3.31. The Kier molecular flexibility index (Phi) is 7.19. The predicted molar refractivity (Wildman–Crippen MR) is 129 cm³/mol. The van der Waals surface area contributed by atoms with Crippen LogP contribution in [0, 0.1) is 0 Å². The average molecular weight is 480 g/mol. The fraction of sp³-hybridized carbons (Fsp3) is 0.174. The van der Waals surface area contributed by atoms with Crippen LogP contribution in [0.5, 0.6) is 5.75 Å². The van der Waals surface area contributed by atoms with Crippen molar-refractivity contribution >= 4 is 40.7 Å². The minimum atomic E-state index is -0.280. The maximum atomic E-state index is 11.4. The summed E-state index contributed by atoms with van der Waals surface area (Å²) in [6.07, 6.45) is 4.24. The monoisotopic (exact) mass is 479 g/mol. The maximum absolute atomic E-state index is 11.4. The van der Waals surface area contributed by atoms with Gasteiger partial charge in [-0.2, -0.15) is 0 Å². The molecule has 3 aromatic rings. The van der Waals surface area contributed by atoms with E-state index in [0.717, 1.165) is 5.69 Å². The highest BCUT2D eigenvalue weighted by atomic mass is 35.5. The minimum Gasteiger partial charge on any atom is -0.486 e. The van der Waals surface area contributed by atoms with E-state index in [1.165, 1.54) is 12.4 Å². The summed E-state index contributed by atoms with van der Waals surface area (Å²) in [5, 5.41) is 6.29. The Labute approximate surface area is 200 Å². The number of aliphatic imine (C=N–C) groups is 1. The van der Waals surface area contributed by atoms with Gasteiger partial charge in [0.15, 0.2) is 0 Å². The van der Waals surface area contributed by atoms with E-state index < -0.39 is 0 Å². The van der Waals surface area contributed by atoms with Crippen molar-refractivity contribution in [1.29, 1.82) is 0 Å². The molecule has 4 N–H and O–H groups in total. The zero-order valence-electron chi connectivity index (χ0n) is 18.1. The number of anilines is 3. The van der Waals surface area contributed by atoms with Gasteiger partial charge in [0, 0.05) is 18.4 Å². The highest BCUT2D eigenvalue weighted by Gasteiger charge is 2.25. The van der Waals surface area contributed by atoms with E-state index in [2.05, 4.69) is 37.2 Å². The third kappa shape index (κ3) is 5.59. The molecule has 1 atom stereocenters. The topological polar surface area (TPSA) is 137 Å². The van der Waals surface area contributed by atoms with Crippen molar-refractivity contribution in [2.75, 3.05) is 24.2 Å². The Hall–Kier alpha value is -4.18. The number of nitrogens with one attached hydrogen (secondary N) is 2. The zero-order chi connectivity index (χ0) is 23.9. The van der Waals surface area contributed by atoms with Crippen molar-refractivity contribution in [2.24, 2.45) is 4.99 Å². The molecule has 1 amide bonds. The van der Waals surface area contributed by atoms with Crippen LogP contribution >= 0.6 is 11.6 Å². The van der Waals surface area contributed by atoms with Gasteiger partial charge in [0.05, 0.1) is 10.7 Å². The Morgan fingerprint density at radius 3 is 2.94 bits per heavy atom. The number of amides is 1. The van der Waals surface area contributed by atoms with Gasteiger partial charge >= 0.3 is 0 Å². The number of nitrogen functional groups attached to an aromatic ring is 1. The van der Waals surface area contributed by atoms with E-state index in [1.807, 2.05) is 18.2 Å². The van der Waals surface area contributed by atoms with Crippen LogP contribution in [0.3, 0.4) is 0 Å². The van der Waals surface area contributed by atoms with Gasteiger partial charge in [-0.3, -0.25) is 9.78 Å². The summed E-state index contributed by atoms with van der Waals surface area (Å²) in [7, 11) is 0. The molecule has 0 saturated heterocycles. The molecule has 4 rings (SSSR count). The fourth-order valence-electron chi connectivity index (χ4n) is 3.12. The molecule has 0 aliphatic carbocycles. The number of hydrogen-bond donors (Lipinski definition) is 3. The van der Waals surface area contributed by atoms with Gasteiger partial charge in [0.2, 0.25) is 11.8 Å². The van der Waals surface area contributed by atoms with Gasteiger partial charge in [-0.1, -0.05) is 24.2 Å². The van der Waals surface area contributed by atoms with Crippen molar-refractivity contribution in [3.05, 3.63) is 77.9 Å². The molecular formula is C23H22ClN7O3. The number of nitrogens with zero attached hydrogens (tertiary/aromatic N) is 4. The van der Waals surface area contributed by atoms with Crippen LogP contribution in [0.2, 0.25) is 5.02 Å². The SMILES string of the molecule is C=CC(=O)NCC1COC(c2c(N)ncnc2Nc2ccc(OCc3ccccn3)c(Cl)c2)=N1. The molecule has 1 aromatic carbocycles. The molecule has 1 aliphatic rings. The summed E-state index contributed by atoms with van der Waals surface area (Å²) in [5.41, 5.74) is 7.98. The van der Waals surface area contributed by atoms with Gasteiger partial charge in [-0.05, 0) is 36.4 Å². The summed E-state index contributed by atoms with van der Waals surface area (Å²) >= 11 is 6.42. The smallest absolute Gasteiger partial charge is 0.243 e. The second-order valence-electron chi connectivity index (χ2n) is 7.21. The Bertz CT molecular complexity index is 1220. The number of carbonyl (C=O) groups is 1. The minimum absolute atomic E-state index is 0.202. The number of nitrogens with two attached hydrogens (primary N) is 1. The van der Waals surface area contributed by atoms with Crippen molar-refractivity contribution < 1.29 is 14.3 Å². The molecule has 0 radical (unpaired) electrons. The normalized spacial score (nSPS) is 14.6. The van der Waals surface area contributed by atoms with Gasteiger partial charge in [0.1, 0.15) is 48.5 Å². The Morgan fingerprint density at radius 1 is 1.29 bits per heavy atom. The van der Waals surface area contributed by atoms with Crippen LogP contribution < -0.4 is 21.1 Å². The van der Waals surface area contributed by atoms with Crippen LogP contribution in [-0.2, 0) is 16.1 Å². The lowest BCUT2D eigenvalue weighted by atomic mass is 10.2. The second-order valence-corrected chi connectivity index (χ2v) is 7.62. The van der Waals surface area contributed by atoms with E-state index in [4.69, 9.17) is 26.8 Å². The first-order valence-electron chi connectivity index (χ1n) is 10.3. The van der Waals surface area contributed by atoms with E-state index in [1.54, 1.807) is 24.4 Å². The largest absolute Gasteiger partial charge is 0.486 e. The zero-order valence-corrected chi connectivity index (χ0v) is 18.8. The van der Waals surface area contributed by atoms with Gasteiger partial charge < -0.3 is 25.8 Å². The lowest BCUT2D eigenvalue weighted by Gasteiger charge is -2.13. The third-order valence-electron chi connectivity index (χ3n) is 4.80. The number of rotatable bonds is 9. The first kappa shape index (κ1) is 23.0. The standard InChI is InChI=1S/C23H22ClN7O3/c1-2-19(32)27-10-16-12-34-23(31-16)20-21(25)28-13-29-22(20)30-14-6-7-18(17(24)9-14)33-11-15-5-3-4-8-26-15/h2-9,13,16H,1,10-12H2,(H,27,32)(H3,25,28,29,30). The second kappa shape index (κ2) is 10.6. The van der Waals surface area contributed by atoms with Gasteiger partial charge in [-0.15, -0.1) is 0 Å². The predicted octanol–water partition coefficient (Wildman–Crippen LogP) is 2.88. The summed E-state index contributed by atoms with van der Waals surface area (Å²) in [6.45, 7) is 4.32. The fourth-order valence-corrected chi connectivity index (χ4v) is 3.35. The van der Waals surface area contributed by atoms with Crippen molar-refractivity contribution in [3.8, 4) is 5.75 Å². The molecule has 0 fully saturated rings. The lowest BCUT2D eigenvalue weighted by Crippen LogP contribution is -2.30. The number of hydrogen-bond acceptors (Lipinski definition) is 9. The molecular weight excluding hydrogens is 458 g/mol. The maximum Gasteiger partial charge on any atom is 0.243 e. The molecule has 1 unspecified atom stereocenters.